The van der Waals surface area contributed by atoms with Crippen molar-refractivity contribution in [1.82, 2.24) is 9.99 Å². The second-order valence-corrected chi connectivity index (χ2v) is 9.11. The van der Waals surface area contributed by atoms with Crippen molar-refractivity contribution in [3.8, 4) is 23.7 Å². The average molecular weight is 573 g/mol. The summed E-state index contributed by atoms with van der Waals surface area (Å²) in [6.45, 7) is -0.259. The number of nitrogens with zero attached hydrogens (tertiary/aromatic N) is 4. The van der Waals surface area contributed by atoms with Crippen molar-refractivity contribution < 1.29 is 22.3 Å². The average Bonchev–Trinajstić information content (AvgIpc) is 2.99. The molecule has 1 unspecified atom stereocenters. The van der Waals surface area contributed by atoms with E-state index in [2.05, 4.69) is 28.0 Å². The number of nitrogens with two attached hydrogens (primary N) is 2. The number of aromatic nitrogens is 1. The molecule has 0 spiro atoms. The van der Waals surface area contributed by atoms with E-state index in [4.69, 9.17) is 21.7 Å². The molecule has 0 aliphatic heterocycles. The molecule has 0 radical (unpaired) electrons. The van der Waals surface area contributed by atoms with Crippen LogP contribution in [0.1, 0.15) is 39.4 Å². The lowest BCUT2D eigenvalue weighted by Gasteiger charge is -2.29. The lowest BCUT2D eigenvalue weighted by Crippen LogP contribution is -2.40. The molecule has 0 saturated carbocycles. The molecule has 0 saturated heterocycles. The van der Waals surface area contributed by atoms with Crippen LogP contribution in [-0.2, 0) is 12.5 Å². The van der Waals surface area contributed by atoms with Crippen LogP contribution >= 0.6 is 0 Å². The molecule has 11 heteroatoms. The fourth-order valence-electron chi connectivity index (χ4n) is 4.00. The number of hydrazine groups is 1. The fraction of sp³-hybridized carbons (Fsp3) is 0.129. The Kier molecular flexibility index (Phi) is 9.38. The minimum atomic E-state index is -3.71. The minimum absolute atomic E-state index is 0.331. The standard InChI is InChI=1S/C31H24F4N6O/c32-25-10-13-27(29(33)15-25)28(18-41(38)20-40-37)31(34,35)30-14-9-23(17-39-30)4-1-21-7-11-26(12-8-21)42-19-24-5-2-22(16-36)3-6-24/h2-3,5-15,17,20,28H,18-19,37-38H2/b40-20-. The number of hydrogen-bond acceptors (Lipinski definition) is 6. The Bertz CT molecular complexity index is 1640. The third kappa shape index (κ3) is 7.42. The number of halogens is 4. The summed E-state index contributed by atoms with van der Waals surface area (Å²) in [6, 6.07) is 21.0. The quantitative estimate of drug-likeness (QED) is 0.0715. The molecule has 7 nitrogen and oxygen atoms in total. The van der Waals surface area contributed by atoms with Crippen LogP contribution in [0.2, 0.25) is 0 Å². The summed E-state index contributed by atoms with van der Waals surface area (Å²) in [5, 5.41) is 12.9. The van der Waals surface area contributed by atoms with Gasteiger partial charge < -0.3 is 10.6 Å². The summed E-state index contributed by atoms with van der Waals surface area (Å²) in [4.78, 5) is 3.88. The maximum absolute atomic E-state index is 15.7. The normalized spacial score (nSPS) is 11.8. The molecule has 1 heterocycles. The lowest BCUT2D eigenvalue weighted by molar-refractivity contribution is -0.0443. The van der Waals surface area contributed by atoms with Gasteiger partial charge in [0.1, 0.15) is 36.0 Å². The molecular formula is C31H24F4N6O. The third-order valence-electron chi connectivity index (χ3n) is 6.18. The van der Waals surface area contributed by atoms with Gasteiger partial charge >= 0.3 is 0 Å². The van der Waals surface area contributed by atoms with E-state index < -0.39 is 41.3 Å². The molecule has 1 aromatic heterocycles. The number of hydrogen-bond donors (Lipinski definition) is 2. The Labute approximate surface area is 239 Å². The van der Waals surface area contributed by atoms with E-state index in [1.54, 1.807) is 36.4 Å². The smallest absolute Gasteiger partial charge is 0.298 e. The lowest BCUT2D eigenvalue weighted by atomic mass is 9.89. The van der Waals surface area contributed by atoms with Gasteiger partial charge in [0, 0.05) is 29.9 Å². The second-order valence-electron chi connectivity index (χ2n) is 9.11. The Morgan fingerprint density at radius 1 is 0.952 bits per heavy atom. The summed E-state index contributed by atoms with van der Waals surface area (Å²) in [5.41, 5.74) is 1.42. The van der Waals surface area contributed by atoms with Gasteiger partial charge in [-0.1, -0.05) is 30.0 Å². The van der Waals surface area contributed by atoms with E-state index in [0.29, 0.717) is 35.1 Å². The molecular weight excluding hydrogens is 548 g/mol. The Hall–Kier alpha value is -5.39. The first-order valence-corrected chi connectivity index (χ1v) is 12.5. The summed E-state index contributed by atoms with van der Waals surface area (Å²) >= 11 is 0. The van der Waals surface area contributed by atoms with Gasteiger partial charge in [-0.2, -0.15) is 19.1 Å². The largest absolute Gasteiger partial charge is 0.489 e. The van der Waals surface area contributed by atoms with Crippen LogP contribution in [0.4, 0.5) is 17.6 Å². The summed E-state index contributed by atoms with van der Waals surface area (Å²) in [5.74, 6) is 9.55. The molecule has 0 fully saturated rings. The van der Waals surface area contributed by atoms with Crippen molar-refractivity contribution in [2.45, 2.75) is 18.4 Å². The van der Waals surface area contributed by atoms with Crippen LogP contribution in [0.25, 0.3) is 0 Å². The number of alkyl halides is 2. The highest BCUT2D eigenvalue weighted by Gasteiger charge is 2.45. The van der Waals surface area contributed by atoms with Gasteiger partial charge in [0.15, 0.2) is 0 Å². The maximum Gasteiger partial charge on any atom is 0.298 e. The molecule has 4 N–H and O–H groups in total. The van der Waals surface area contributed by atoms with Crippen molar-refractivity contribution in [1.29, 1.82) is 5.26 Å². The van der Waals surface area contributed by atoms with Crippen LogP contribution in [0.3, 0.4) is 0 Å². The van der Waals surface area contributed by atoms with Gasteiger partial charge in [0.2, 0.25) is 0 Å². The van der Waals surface area contributed by atoms with Gasteiger partial charge in [0.25, 0.3) is 5.92 Å². The molecule has 0 bridgehead atoms. The number of nitriles is 1. The molecule has 4 rings (SSSR count). The number of ether oxygens (including phenoxy) is 1. The molecule has 4 aromatic rings. The molecule has 0 amide bonds. The van der Waals surface area contributed by atoms with Gasteiger partial charge in [-0.3, -0.25) is 9.99 Å². The Morgan fingerprint density at radius 3 is 2.24 bits per heavy atom. The van der Waals surface area contributed by atoms with E-state index in [9.17, 15) is 8.78 Å². The second kappa shape index (κ2) is 13.3. The highest BCUT2D eigenvalue weighted by Crippen LogP contribution is 2.42. The SMILES string of the molecule is N#Cc1ccc(COc2ccc(C#Cc3ccc(C(F)(F)C(CN(N)/C=N\N)c4ccc(F)cc4F)nc3)cc2)cc1. The maximum atomic E-state index is 15.7. The van der Waals surface area contributed by atoms with Crippen LogP contribution in [-0.4, -0.2) is 22.9 Å². The van der Waals surface area contributed by atoms with Gasteiger partial charge in [-0.25, -0.2) is 14.6 Å². The summed E-state index contributed by atoms with van der Waals surface area (Å²) < 4.78 is 65.1. The first-order chi connectivity index (χ1) is 20.2. The number of pyridine rings is 1. The molecule has 3 aromatic carbocycles. The Balaban J connectivity index is 1.46. The van der Waals surface area contributed by atoms with Crippen LogP contribution in [0.15, 0.2) is 90.2 Å². The zero-order valence-corrected chi connectivity index (χ0v) is 22.0. The van der Waals surface area contributed by atoms with Crippen molar-refractivity contribution in [3.63, 3.8) is 0 Å². The van der Waals surface area contributed by atoms with E-state index in [1.807, 2.05) is 12.1 Å². The minimum Gasteiger partial charge on any atom is -0.489 e. The number of rotatable bonds is 9. The molecule has 42 heavy (non-hydrogen) atoms. The topological polar surface area (TPSA) is 114 Å². The van der Waals surface area contributed by atoms with Crippen molar-refractivity contribution >= 4 is 6.34 Å². The van der Waals surface area contributed by atoms with E-state index in [-0.39, 0.29) is 0 Å². The third-order valence-corrected chi connectivity index (χ3v) is 6.18. The number of benzene rings is 3. The zero-order valence-electron chi connectivity index (χ0n) is 22.0. The van der Waals surface area contributed by atoms with E-state index >= 15 is 8.78 Å². The van der Waals surface area contributed by atoms with Crippen LogP contribution in [0, 0.1) is 34.8 Å². The fourth-order valence-corrected chi connectivity index (χ4v) is 4.00. The van der Waals surface area contributed by atoms with E-state index in [1.165, 1.54) is 12.3 Å². The predicted molar refractivity (Wildman–Crippen MR) is 149 cm³/mol. The molecule has 212 valence electrons. The zero-order chi connectivity index (χ0) is 30.1. The Morgan fingerprint density at radius 2 is 1.62 bits per heavy atom. The van der Waals surface area contributed by atoms with Gasteiger partial charge in [0.05, 0.1) is 17.6 Å². The molecule has 1 atom stereocenters. The van der Waals surface area contributed by atoms with Crippen LogP contribution in [0.5, 0.6) is 5.75 Å². The van der Waals surface area contributed by atoms with E-state index in [0.717, 1.165) is 35.1 Å². The molecule has 0 aliphatic rings. The number of hydrazone groups is 1. The first kappa shape index (κ1) is 29.6. The highest BCUT2D eigenvalue weighted by atomic mass is 19.3. The van der Waals surface area contributed by atoms with Gasteiger partial charge in [-0.15, -0.1) is 0 Å². The summed E-state index contributed by atoms with van der Waals surface area (Å²) in [7, 11) is 0. The van der Waals surface area contributed by atoms with Crippen molar-refractivity contribution in [3.05, 3.63) is 130 Å². The van der Waals surface area contributed by atoms with Crippen LogP contribution < -0.4 is 16.4 Å². The predicted octanol–water partition coefficient (Wildman–Crippen LogP) is 5.16. The summed E-state index contributed by atoms with van der Waals surface area (Å²) in [6.07, 6.45) is 2.09. The van der Waals surface area contributed by atoms with Crippen molar-refractivity contribution in [2.24, 2.45) is 16.8 Å². The van der Waals surface area contributed by atoms with Gasteiger partial charge in [-0.05, 0) is 65.7 Å². The monoisotopic (exact) mass is 572 g/mol. The van der Waals surface area contributed by atoms with Crippen molar-refractivity contribution in [2.75, 3.05) is 6.54 Å². The molecule has 0 aliphatic carbocycles. The highest BCUT2D eigenvalue weighted by molar-refractivity contribution is 5.53. The first-order valence-electron chi connectivity index (χ1n) is 12.5.